The number of pyridine rings is 1. The Morgan fingerprint density at radius 3 is 2.48 bits per heavy atom. The van der Waals surface area contributed by atoms with Gasteiger partial charge in [-0.3, -0.25) is 14.7 Å². The van der Waals surface area contributed by atoms with Gasteiger partial charge < -0.3 is 9.47 Å². The fourth-order valence-corrected chi connectivity index (χ4v) is 4.74. The fraction of sp³-hybridized carbons (Fsp3) is 0.308. The third kappa shape index (κ3) is 3.93. The highest BCUT2D eigenvalue weighted by Crippen LogP contribution is 2.30. The van der Waals surface area contributed by atoms with Crippen molar-refractivity contribution in [2.24, 2.45) is 0 Å². The van der Waals surface area contributed by atoms with Gasteiger partial charge in [0.15, 0.2) is 0 Å². The first-order valence-electron chi connectivity index (χ1n) is 11.1. The van der Waals surface area contributed by atoms with Gasteiger partial charge in [-0.2, -0.15) is 0 Å². The Kier molecular flexibility index (Phi) is 5.43. The molecule has 0 N–H and O–H groups in total. The van der Waals surface area contributed by atoms with Crippen molar-refractivity contribution in [3.05, 3.63) is 78.1 Å². The molecule has 0 radical (unpaired) electrons. The van der Waals surface area contributed by atoms with Crippen LogP contribution < -0.4 is 0 Å². The summed E-state index contributed by atoms with van der Waals surface area (Å²) in [6.45, 7) is 7.16. The van der Waals surface area contributed by atoms with Gasteiger partial charge >= 0.3 is 0 Å². The second-order valence-corrected chi connectivity index (χ2v) is 8.31. The molecular formula is C26H28N4O. The highest BCUT2D eigenvalue weighted by Gasteiger charge is 2.21. The topological polar surface area (TPSA) is 41.4 Å². The molecule has 3 heterocycles. The largest absolute Gasteiger partial charge is 0.341 e. The van der Waals surface area contributed by atoms with E-state index in [-0.39, 0.29) is 5.91 Å². The van der Waals surface area contributed by atoms with Crippen LogP contribution in [0.4, 0.5) is 0 Å². The minimum Gasteiger partial charge on any atom is -0.341 e. The lowest BCUT2D eigenvalue weighted by molar-refractivity contribution is -0.130. The van der Waals surface area contributed by atoms with Crippen molar-refractivity contribution in [2.45, 2.75) is 33.0 Å². The van der Waals surface area contributed by atoms with E-state index in [1.54, 1.807) is 12.4 Å². The molecule has 0 spiro atoms. The standard InChI is InChI=1S/C26H28N4O/c1-2-30-24-6-4-3-5-22(24)23-17-21(7-8-25(23)30)18-28-14-11-26(31)29(16-15-28)19-20-9-12-27-13-10-20/h3-10,12-13,17H,2,11,14-16,18-19H2,1H3. The summed E-state index contributed by atoms with van der Waals surface area (Å²) in [5, 5.41) is 2.64. The van der Waals surface area contributed by atoms with E-state index in [9.17, 15) is 4.79 Å². The molecule has 0 aliphatic carbocycles. The highest BCUT2D eigenvalue weighted by atomic mass is 16.2. The number of carbonyl (C=O) groups excluding carboxylic acids is 1. The fourth-order valence-electron chi connectivity index (χ4n) is 4.74. The molecule has 158 valence electrons. The predicted octanol–water partition coefficient (Wildman–Crippen LogP) is 4.44. The normalized spacial score (nSPS) is 15.6. The van der Waals surface area contributed by atoms with Gasteiger partial charge in [0.2, 0.25) is 5.91 Å². The van der Waals surface area contributed by atoms with E-state index in [0.29, 0.717) is 13.0 Å². The summed E-state index contributed by atoms with van der Waals surface area (Å²) in [6, 6.07) is 19.5. The van der Waals surface area contributed by atoms with Crippen LogP contribution in [0, 0.1) is 0 Å². The van der Waals surface area contributed by atoms with Gasteiger partial charge in [-0.1, -0.05) is 24.3 Å². The molecule has 0 atom stereocenters. The minimum atomic E-state index is 0.237. The average Bonchev–Trinajstić information content (AvgIpc) is 3.03. The second kappa shape index (κ2) is 8.52. The van der Waals surface area contributed by atoms with E-state index in [2.05, 4.69) is 63.8 Å². The Hall–Kier alpha value is -3.18. The Bertz CT molecular complexity index is 1210. The van der Waals surface area contributed by atoms with Gasteiger partial charge in [0.25, 0.3) is 0 Å². The molecule has 2 aromatic heterocycles. The first-order valence-corrected chi connectivity index (χ1v) is 11.1. The molecule has 1 amide bonds. The van der Waals surface area contributed by atoms with Gasteiger partial charge in [-0.05, 0) is 48.4 Å². The molecule has 1 aliphatic rings. The van der Waals surface area contributed by atoms with E-state index in [1.807, 2.05) is 17.0 Å². The Balaban J connectivity index is 1.34. The van der Waals surface area contributed by atoms with E-state index in [0.717, 1.165) is 38.3 Å². The molecule has 5 heteroatoms. The van der Waals surface area contributed by atoms with Crippen LogP contribution in [0.2, 0.25) is 0 Å². The van der Waals surface area contributed by atoms with Gasteiger partial charge in [-0.25, -0.2) is 0 Å². The van der Waals surface area contributed by atoms with Crippen LogP contribution in [0.3, 0.4) is 0 Å². The maximum Gasteiger partial charge on any atom is 0.224 e. The maximum absolute atomic E-state index is 12.7. The molecule has 1 saturated heterocycles. The van der Waals surface area contributed by atoms with Gasteiger partial charge in [0.05, 0.1) is 0 Å². The molecule has 1 aliphatic heterocycles. The lowest BCUT2D eigenvalue weighted by Crippen LogP contribution is -2.32. The number of hydrogen-bond donors (Lipinski definition) is 0. The summed E-state index contributed by atoms with van der Waals surface area (Å²) >= 11 is 0. The number of aryl methyl sites for hydroxylation is 1. The van der Waals surface area contributed by atoms with E-state index in [1.165, 1.54) is 27.4 Å². The number of carbonyl (C=O) groups is 1. The van der Waals surface area contributed by atoms with Crippen molar-refractivity contribution in [2.75, 3.05) is 19.6 Å². The van der Waals surface area contributed by atoms with Crippen molar-refractivity contribution in [1.29, 1.82) is 0 Å². The van der Waals surface area contributed by atoms with Crippen LogP contribution in [0.25, 0.3) is 21.8 Å². The van der Waals surface area contributed by atoms with Crippen LogP contribution in [0.5, 0.6) is 0 Å². The monoisotopic (exact) mass is 412 g/mol. The van der Waals surface area contributed by atoms with Crippen molar-refractivity contribution in [3.63, 3.8) is 0 Å². The molecule has 1 fully saturated rings. The van der Waals surface area contributed by atoms with Crippen LogP contribution in [0.1, 0.15) is 24.5 Å². The predicted molar refractivity (Wildman–Crippen MR) is 125 cm³/mol. The third-order valence-corrected chi connectivity index (χ3v) is 6.36. The smallest absolute Gasteiger partial charge is 0.224 e. The molecule has 0 bridgehead atoms. The van der Waals surface area contributed by atoms with Crippen LogP contribution in [-0.4, -0.2) is 44.9 Å². The molecule has 2 aromatic carbocycles. The van der Waals surface area contributed by atoms with E-state index < -0.39 is 0 Å². The zero-order valence-corrected chi connectivity index (χ0v) is 18.0. The highest BCUT2D eigenvalue weighted by molar-refractivity contribution is 6.08. The molecular weight excluding hydrogens is 384 g/mol. The Labute approximate surface area is 182 Å². The average molecular weight is 413 g/mol. The van der Waals surface area contributed by atoms with Gasteiger partial charge in [0.1, 0.15) is 0 Å². The number of fused-ring (bicyclic) bond motifs is 3. The summed E-state index contributed by atoms with van der Waals surface area (Å²) in [7, 11) is 0. The number of rotatable bonds is 5. The first-order chi connectivity index (χ1) is 15.2. The molecule has 0 unspecified atom stereocenters. The molecule has 5 rings (SSSR count). The number of hydrogen-bond acceptors (Lipinski definition) is 3. The van der Waals surface area contributed by atoms with Crippen LogP contribution in [-0.2, 0) is 24.4 Å². The zero-order chi connectivity index (χ0) is 21.2. The van der Waals surface area contributed by atoms with Crippen molar-refractivity contribution >= 4 is 27.7 Å². The summed E-state index contributed by atoms with van der Waals surface area (Å²) in [5.74, 6) is 0.237. The van der Waals surface area contributed by atoms with Crippen LogP contribution >= 0.6 is 0 Å². The lowest BCUT2D eigenvalue weighted by Gasteiger charge is -2.22. The summed E-state index contributed by atoms with van der Waals surface area (Å²) in [6.07, 6.45) is 4.15. The van der Waals surface area contributed by atoms with Gasteiger partial charge in [0, 0.05) is 79.9 Å². The Morgan fingerprint density at radius 2 is 1.65 bits per heavy atom. The van der Waals surface area contributed by atoms with Crippen molar-refractivity contribution < 1.29 is 4.79 Å². The first kappa shape index (κ1) is 19.8. The summed E-state index contributed by atoms with van der Waals surface area (Å²) in [5.41, 5.74) is 5.03. The van der Waals surface area contributed by atoms with E-state index in [4.69, 9.17) is 0 Å². The van der Waals surface area contributed by atoms with Crippen molar-refractivity contribution in [3.8, 4) is 0 Å². The second-order valence-electron chi connectivity index (χ2n) is 8.31. The molecule has 4 aromatic rings. The van der Waals surface area contributed by atoms with Crippen LogP contribution in [0.15, 0.2) is 67.0 Å². The number of amides is 1. The maximum atomic E-state index is 12.7. The molecule has 0 saturated carbocycles. The summed E-state index contributed by atoms with van der Waals surface area (Å²) in [4.78, 5) is 21.1. The van der Waals surface area contributed by atoms with E-state index >= 15 is 0 Å². The number of aromatic nitrogens is 2. The number of nitrogens with zero attached hydrogens (tertiary/aromatic N) is 4. The molecule has 5 nitrogen and oxygen atoms in total. The van der Waals surface area contributed by atoms with Gasteiger partial charge in [-0.15, -0.1) is 0 Å². The third-order valence-electron chi connectivity index (χ3n) is 6.36. The van der Waals surface area contributed by atoms with Crippen molar-refractivity contribution in [1.82, 2.24) is 19.4 Å². The number of benzene rings is 2. The summed E-state index contributed by atoms with van der Waals surface area (Å²) < 4.78 is 2.38. The lowest BCUT2D eigenvalue weighted by atomic mass is 10.1. The number of para-hydroxylation sites is 1. The minimum absolute atomic E-state index is 0.237. The Morgan fingerprint density at radius 1 is 0.839 bits per heavy atom. The molecule has 31 heavy (non-hydrogen) atoms. The SMILES string of the molecule is CCn1c2ccccc2c2cc(CN3CCC(=O)N(Cc4ccncc4)CC3)ccc21. The quantitative estimate of drug-likeness (QED) is 0.486. The zero-order valence-electron chi connectivity index (χ0n) is 18.0.